The molecule has 0 aliphatic heterocycles. The Morgan fingerprint density at radius 3 is 2.76 bits per heavy atom. The lowest BCUT2D eigenvalue weighted by atomic mass is 9.85. The van der Waals surface area contributed by atoms with Crippen molar-refractivity contribution in [1.29, 1.82) is 0 Å². The van der Waals surface area contributed by atoms with E-state index in [1.165, 1.54) is 25.7 Å². The van der Waals surface area contributed by atoms with Crippen LogP contribution in [0, 0.1) is 5.92 Å². The van der Waals surface area contributed by atoms with E-state index >= 15 is 0 Å². The van der Waals surface area contributed by atoms with Gasteiger partial charge in [0.25, 0.3) is 0 Å². The monoisotopic (exact) mass is 254 g/mol. The smallest absolute Gasteiger partial charge is 0.185 e. The molecule has 1 aromatic heterocycles. The Bertz CT molecular complexity index is 364. The Labute approximate surface area is 107 Å². The van der Waals surface area contributed by atoms with Gasteiger partial charge in [0.1, 0.15) is 0 Å². The summed E-state index contributed by atoms with van der Waals surface area (Å²) in [6.07, 6.45) is 4.82. The van der Waals surface area contributed by atoms with E-state index in [-0.39, 0.29) is 0 Å². The number of aliphatic hydroxyl groups is 1. The first-order valence-corrected chi connectivity index (χ1v) is 7.34. The van der Waals surface area contributed by atoms with Gasteiger partial charge in [0, 0.05) is 18.5 Å². The summed E-state index contributed by atoms with van der Waals surface area (Å²) < 4.78 is 0. The number of aromatic nitrogens is 1. The van der Waals surface area contributed by atoms with Crippen LogP contribution in [-0.4, -0.2) is 23.2 Å². The van der Waals surface area contributed by atoms with Crippen molar-refractivity contribution in [3.8, 4) is 0 Å². The molecule has 1 N–H and O–H groups in total. The van der Waals surface area contributed by atoms with Crippen LogP contribution in [0.25, 0.3) is 0 Å². The molecule has 1 heterocycles. The van der Waals surface area contributed by atoms with Crippen LogP contribution in [0.15, 0.2) is 5.38 Å². The molecular formula is C13H22N2OS. The third-order valence-electron chi connectivity index (χ3n) is 3.80. The SMILES string of the molecule is CC(O)c1csc(N(C)C2CCCCC2C)n1. The topological polar surface area (TPSA) is 36.4 Å². The highest BCUT2D eigenvalue weighted by Crippen LogP contribution is 2.32. The van der Waals surface area contributed by atoms with Gasteiger partial charge in [-0.05, 0) is 25.7 Å². The van der Waals surface area contributed by atoms with Crippen LogP contribution in [-0.2, 0) is 0 Å². The molecule has 1 aliphatic carbocycles. The van der Waals surface area contributed by atoms with E-state index in [9.17, 15) is 5.11 Å². The van der Waals surface area contributed by atoms with E-state index in [2.05, 4.69) is 23.9 Å². The van der Waals surface area contributed by atoms with E-state index in [0.717, 1.165) is 16.7 Å². The molecule has 3 atom stereocenters. The van der Waals surface area contributed by atoms with Gasteiger partial charge >= 0.3 is 0 Å². The van der Waals surface area contributed by atoms with Gasteiger partial charge in [-0.2, -0.15) is 0 Å². The zero-order valence-electron chi connectivity index (χ0n) is 10.9. The molecule has 0 bridgehead atoms. The average Bonchev–Trinajstić information content (AvgIpc) is 2.78. The fourth-order valence-electron chi connectivity index (χ4n) is 2.64. The molecule has 0 spiro atoms. The maximum atomic E-state index is 9.51. The number of nitrogens with zero attached hydrogens (tertiary/aromatic N) is 2. The summed E-state index contributed by atoms with van der Waals surface area (Å²) >= 11 is 1.64. The second kappa shape index (κ2) is 5.36. The third kappa shape index (κ3) is 2.80. The first-order chi connectivity index (χ1) is 8.09. The largest absolute Gasteiger partial charge is 0.387 e. The Kier molecular flexibility index (Phi) is 4.05. The molecule has 96 valence electrons. The average molecular weight is 254 g/mol. The van der Waals surface area contributed by atoms with Crippen molar-refractivity contribution in [3.05, 3.63) is 11.1 Å². The van der Waals surface area contributed by atoms with E-state index in [1.807, 2.05) is 5.38 Å². The highest BCUT2D eigenvalue weighted by Gasteiger charge is 2.26. The second-order valence-electron chi connectivity index (χ2n) is 5.17. The van der Waals surface area contributed by atoms with Crippen molar-refractivity contribution in [1.82, 2.24) is 4.98 Å². The van der Waals surface area contributed by atoms with Crippen molar-refractivity contribution in [2.24, 2.45) is 5.92 Å². The summed E-state index contributed by atoms with van der Waals surface area (Å²) in [7, 11) is 2.14. The van der Waals surface area contributed by atoms with Crippen LogP contribution < -0.4 is 4.90 Å². The molecule has 4 heteroatoms. The van der Waals surface area contributed by atoms with Crippen molar-refractivity contribution in [2.45, 2.75) is 51.7 Å². The zero-order valence-corrected chi connectivity index (χ0v) is 11.7. The molecule has 1 aliphatic rings. The fourth-order valence-corrected chi connectivity index (χ4v) is 3.58. The number of hydrogen-bond acceptors (Lipinski definition) is 4. The number of thiazole rings is 1. The predicted octanol–water partition coefficient (Wildman–Crippen LogP) is 3.21. The summed E-state index contributed by atoms with van der Waals surface area (Å²) in [5, 5.41) is 12.5. The molecule has 1 saturated carbocycles. The van der Waals surface area contributed by atoms with Gasteiger partial charge in [0.2, 0.25) is 0 Å². The summed E-state index contributed by atoms with van der Waals surface area (Å²) in [5.74, 6) is 0.743. The van der Waals surface area contributed by atoms with Crippen LogP contribution >= 0.6 is 11.3 Å². The van der Waals surface area contributed by atoms with Crippen LogP contribution in [0.1, 0.15) is 51.3 Å². The van der Waals surface area contributed by atoms with Gasteiger partial charge in [-0.15, -0.1) is 11.3 Å². The molecule has 0 radical (unpaired) electrons. The number of hydrogen-bond donors (Lipinski definition) is 1. The molecule has 3 unspecified atom stereocenters. The van der Waals surface area contributed by atoms with Gasteiger partial charge in [-0.1, -0.05) is 19.8 Å². The summed E-state index contributed by atoms with van der Waals surface area (Å²) in [5.41, 5.74) is 0.792. The first-order valence-electron chi connectivity index (χ1n) is 6.46. The maximum absolute atomic E-state index is 9.51. The fraction of sp³-hybridized carbons (Fsp3) is 0.769. The molecule has 17 heavy (non-hydrogen) atoms. The van der Waals surface area contributed by atoms with Crippen molar-refractivity contribution in [2.75, 3.05) is 11.9 Å². The summed E-state index contributed by atoms with van der Waals surface area (Å²) in [6, 6.07) is 0.608. The predicted molar refractivity (Wildman–Crippen MR) is 72.6 cm³/mol. The van der Waals surface area contributed by atoms with Gasteiger partial charge in [0.15, 0.2) is 5.13 Å². The standard InChI is InChI=1S/C13H22N2OS/c1-9-6-4-5-7-12(9)15(3)13-14-11(8-17-13)10(2)16/h8-10,12,16H,4-7H2,1-3H3. The second-order valence-corrected chi connectivity index (χ2v) is 6.01. The highest BCUT2D eigenvalue weighted by molar-refractivity contribution is 7.13. The Morgan fingerprint density at radius 1 is 1.47 bits per heavy atom. The lowest BCUT2D eigenvalue weighted by Gasteiger charge is -2.36. The number of rotatable bonds is 3. The lowest BCUT2D eigenvalue weighted by Crippen LogP contribution is -2.38. The molecule has 0 aromatic carbocycles. The maximum Gasteiger partial charge on any atom is 0.185 e. The van der Waals surface area contributed by atoms with Crippen LogP contribution in [0.5, 0.6) is 0 Å². The molecule has 1 fully saturated rings. The molecule has 0 amide bonds. The summed E-state index contributed by atoms with van der Waals surface area (Å²) in [4.78, 5) is 6.82. The van der Waals surface area contributed by atoms with Crippen LogP contribution in [0.2, 0.25) is 0 Å². The zero-order chi connectivity index (χ0) is 12.4. The minimum absolute atomic E-state index is 0.461. The Hall–Kier alpha value is -0.610. The van der Waals surface area contributed by atoms with Crippen LogP contribution in [0.3, 0.4) is 0 Å². The minimum Gasteiger partial charge on any atom is -0.387 e. The quantitative estimate of drug-likeness (QED) is 0.900. The normalized spacial score (nSPS) is 26.8. The van der Waals surface area contributed by atoms with Crippen molar-refractivity contribution < 1.29 is 5.11 Å². The van der Waals surface area contributed by atoms with Crippen molar-refractivity contribution >= 4 is 16.5 Å². The molecular weight excluding hydrogens is 232 g/mol. The van der Waals surface area contributed by atoms with Crippen LogP contribution in [0.4, 0.5) is 5.13 Å². The van der Waals surface area contributed by atoms with Crippen molar-refractivity contribution in [3.63, 3.8) is 0 Å². The van der Waals surface area contributed by atoms with Gasteiger partial charge < -0.3 is 10.0 Å². The van der Waals surface area contributed by atoms with E-state index in [1.54, 1.807) is 18.3 Å². The minimum atomic E-state index is -0.461. The number of aliphatic hydroxyl groups excluding tert-OH is 1. The number of anilines is 1. The van der Waals surface area contributed by atoms with Gasteiger partial charge in [0.05, 0.1) is 11.8 Å². The highest BCUT2D eigenvalue weighted by atomic mass is 32.1. The van der Waals surface area contributed by atoms with Gasteiger partial charge in [-0.25, -0.2) is 4.98 Å². The Morgan fingerprint density at radius 2 is 2.18 bits per heavy atom. The van der Waals surface area contributed by atoms with E-state index in [4.69, 9.17) is 0 Å². The van der Waals surface area contributed by atoms with E-state index < -0.39 is 6.10 Å². The third-order valence-corrected chi connectivity index (χ3v) is 4.75. The molecule has 2 rings (SSSR count). The lowest BCUT2D eigenvalue weighted by molar-refractivity contribution is 0.195. The Balaban J connectivity index is 2.09. The molecule has 3 nitrogen and oxygen atoms in total. The first kappa shape index (κ1) is 12.8. The summed E-state index contributed by atoms with van der Waals surface area (Å²) in [6.45, 7) is 4.10. The molecule has 0 saturated heterocycles. The van der Waals surface area contributed by atoms with Gasteiger partial charge in [-0.3, -0.25) is 0 Å². The molecule has 1 aromatic rings. The van der Waals surface area contributed by atoms with E-state index in [0.29, 0.717) is 6.04 Å².